The molecule has 0 saturated heterocycles. The van der Waals surface area contributed by atoms with Crippen LogP contribution in [0.2, 0.25) is 0 Å². The Morgan fingerprint density at radius 3 is 2.34 bits per heavy atom. The molecule has 150 valence electrons. The molecule has 2 aromatic carbocycles. The van der Waals surface area contributed by atoms with E-state index < -0.39 is 0 Å². The second-order valence-electron chi connectivity index (χ2n) is 7.62. The monoisotopic (exact) mass is 405 g/mol. The lowest BCUT2D eigenvalue weighted by Crippen LogP contribution is -2.07. The van der Waals surface area contributed by atoms with Gasteiger partial charge in [-0.05, 0) is 56.0 Å². The highest BCUT2D eigenvalue weighted by Crippen LogP contribution is 2.30. The third-order valence-electron chi connectivity index (χ3n) is 5.71. The highest BCUT2D eigenvalue weighted by Gasteiger charge is 2.15. The van der Waals surface area contributed by atoms with Crippen LogP contribution in [0.15, 0.2) is 60.8 Å². The van der Waals surface area contributed by atoms with Crippen molar-refractivity contribution in [1.82, 2.24) is 9.55 Å². The molecule has 4 aromatic rings. The van der Waals surface area contributed by atoms with Gasteiger partial charge in [-0.2, -0.15) is 0 Å². The van der Waals surface area contributed by atoms with Crippen LogP contribution < -0.4 is 5.32 Å². The van der Waals surface area contributed by atoms with Gasteiger partial charge < -0.3 is 9.88 Å². The smallest absolute Gasteiger partial charge is 0.150 e. The minimum atomic E-state index is 0. The van der Waals surface area contributed by atoms with E-state index in [2.05, 4.69) is 92.2 Å². The average Bonchev–Trinajstić information content (AvgIpc) is 2.94. The Balaban J connectivity index is 0.00000240. The second kappa shape index (κ2) is 8.71. The fourth-order valence-corrected chi connectivity index (χ4v) is 3.79. The molecular weight excluding hydrogens is 378 g/mol. The number of pyridine rings is 1. The van der Waals surface area contributed by atoms with Crippen molar-refractivity contribution in [2.24, 2.45) is 0 Å². The van der Waals surface area contributed by atoms with Crippen molar-refractivity contribution < 1.29 is 0 Å². The zero-order valence-corrected chi connectivity index (χ0v) is 18.3. The third-order valence-corrected chi connectivity index (χ3v) is 5.71. The Hall–Kier alpha value is -2.78. The predicted octanol–water partition coefficient (Wildman–Crippen LogP) is 6.35. The van der Waals surface area contributed by atoms with Gasteiger partial charge in [-0.15, -0.1) is 12.4 Å². The predicted molar refractivity (Wildman–Crippen MR) is 125 cm³/mol. The molecule has 0 atom stereocenters. The number of fused-ring (bicyclic) bond motifs is 1. The summed E-state index contributed by atoms with van der Waals surface area (Å²) in [6, 6.07) is 19.4. The van der Waals surface area contributed by atoms with E-state index in [-0.39, 0.29) is 12.4 Å². The van der Waals surface area contributed by atoms with E-state index in [1.807, 2.05) is 6.20 Å². The van der Waals surface area contributed by atoms with Gasteiger partial charge in [0.2, 0.25) is 0 Å². The molecule has 1 N–H and O–H groups in total. The van der Waals surface area contributed by atoms with Crippen LogP contribution in [0.1, 0.15) is 33.5 Å². The number of halogens is 1. The molecule has 0 bridgehead atoms. The van der Waals surface area contributed by atoms with Gasteiger partial charge in [0, 0.05) is 30.4 Å². The first-order chi connectivity index (χ1) is 13.5. The minimum absolute atomic E-state index is 0. The number of nitrogens with one attached hydrogen (secondary N) is 1. The summed E-state index contributed by atoms with van der Waals surface area (Å²) in [5, 5.41) is 4.86. The molecule has 0 spiro atoms. The van der Waals surface area contributed by atoms with Gasteiger partial charge in [0.25, 0.3) is 0 Å². The van der Waals surface area contributed by atoms with E-state index in [0.29, 0.717) is 0 Å². The molecule has 0 fully saturated rings. The number of hydrogen-bond donors (Lipinski definition) is 1. The summed E-state index contributed by atoms with van der Waals surface area (Å²) in [6.07, 6.45) is 1.91. The summed E-state index contributed by atoms with van der Waals surface area (Å²) in [4.78, 5) is 4.69. The van der Waals surface area contributed by atoms with Gasteiger partial charge >= 0.3 is 0 Å². The molecule has 0 radical (unpaired) electrons. The van der Waals surface area contributed by atoms with Crippen molar-refractivity contribution >= 4 is 29.1 Å². The normalized spacial score (nSPS) is 10.8. The third kappa shape index (κ3) is 4.15. The molecule has 0 saturated carbocycles. The van der Waals surface area contributed by atoms with Crippen LogP contribution in [-0.4, -0.2) is 9.55 Å². The Kier molecular flexibility index (Phi) is 6.29. The molecule has 0 amide bonds. The topological polar surface area (TPSA) is 29.9 Å². The summed E-state index contributed by atoms with van der Waals surface area (Å²) < 4.78 is 2.39. The molecule has 0 unspecified atom stereocenters. The van der Waals surface area contributed by atoms with Crippen LogP contribution >= 0.6 is 12.4 Å². The zero-order valence-electron chi connectivity index (χ0n) is 17.5. The van der Waals surface area contributed by atoms with Crippen LogP contribution in [0.4, 0.5) is 5.82 Å². The molecule has 29 heavy (non-hydrogen) atoms. The first-order valence-corrected chi connectivity index (χ1v) is 9.83. The Bertz CT molecular complexity index is 1130. The van der Waals surface area contributed by atoms with Crippen LogP contribution in [-0.2, 0) is 13.1 Å². The molecule has 4 heteroatoms. The second-order valence-corrected chi connectivity index (χ2v) is 7.62. The van der Waals surface area contributed by atoms with E-state index in [4.69, 9.17) is 4.98 Å². The van der Waals surface area contributed by atoms with Crippen LogP contribution in [0.5, 0.6) is 0 Å². The van der Waals surface area contributed by atoms with Gasteiger partial charge in [-0.1, -0.05) is 54.1 Å². The summed E-state index contributed by atoms with van der Waals surface area (Å²) in [6.45, 7) is 10.3. The molecule has 4 rings (SSSR count). The standard InChI is InChI=1S/C25H27N3.ClH/c1-17-9-11-21(12-10-17)16-28-20(4)19(3)23-13-14-26-25(24(23)28)27-15-22-8-6-5-7-18(22)2;/h5-14H,15-16H2,1-4H3,(H,26,27);1H. The van der Waals surface area contributed by atoms with Gasteiger partial charge in [-0.25, -0.2) is 4.98 Å². The van der Waals surface area contributed by atoms with Crippen LogP contribution in [0, 0.1) is 27.7 Å². The Morgan fingerprint density at radius 1 is 0.897 bits per heavy atom. The van der Waals surface area contributed by atoms with Crippen molar-refractivity contribution in [2.45, 2.75) is 40.8 Å². The van der Waals surface area contributed by atoms with Crippen molar-refractivity contribution in [3.63, 3.8) is 0 Å². The molecule has 0 aliphatic rings. The molecule has 3 nitrogen and oxygen atoms in total. The fraction of sp³-hybridized carbons (Fsp3) is 0.240. The van der Waals surface area contributed by atoms with Gasteiger partial charge in [0.15, 0.2) is 5.82 Å². The van der Waals surface area contributed by atoms with E-state index in [1.165, 1.54) is 44.4 Å². The van der Waals surface area contributed by atoms with Gasteiger partial charge in [0.1, 0.15) is 0 Å². The van der Waals surface area contributed by atoms with Crippen molar-refractivity contribution in [1.29, 1.82) is 0 Å². The molecule has 0 aliphatic heterocycles. The van der Waals surface area contributed by atoms with Crippen LogP contribution in [0.3, 0.4) is 0 Å². The molecule has 2 aromatic heterocycles. The summed E-state index contributed by atoms with van der Waals surface area (Å²) >= 11 is 0. The maximum absolute atomic E-state index is 4.69. The van der Waals surface area contributed by atoms with E-state index in [1.54, 1.807) is 0 Å². The van der Waals surface area contributed by atoms with Crippen molar-refractivity contribution in [2.75, 3.05) is 5.32 Å². The quantitative estimate of drug-likeness (QED) is 0.419. The average molecular weight is 406 g/mol. The van der Waals surface area contributed by atoms with E-state index in [9.17, 15) is 0 Å². The summed E-state index contributed by atoms with van der Waals surface area (Å²) in [5.74, 6) is 0.948. The molecule has 2 heterocycles. The lowest BCUT2D eigenvalue weighted by molar-refractivity contribution is 0.799. The molecule has 0 aliphatic carbocycles. The number of aromatic nitrogens is 2. The van der Waals surface area contributed by atoms with Gasteiger partial charge in [-0.3, -0.25) is 0 Å². The number of anilines is 1. The van der Waals surface area contributed by atoms with E-state index in [0.717, 1.165) is 18.9 Å². The number of aryl methyl sites for hydroxylation is 3. The number of benzene rings is 2. The summed E-state index contributed by atoms with van der Waals surface area (Å²) in [5.41, 5.74) is 8.99. The highest BCUT2D eigenvalue weighted by molar-refractivity contribution is 5.93. The lowest BCUT2D eigenvalue weighted by Gasteiger charge is -2.13. The van der Waals surface area contributed by atoms with Crippen molar-refractivity contribution in [3.8, 4) is 0 Å². The van der Waals surface area contributed by atoms with Crippen LogP contribution in [0.25, 0.3) is 10.9 Å². The molecular formula is C25H28ClN3. The maximum atomic E-state index is 4.69. The highest BCUT2D eigenvalue weighted by atomic mass is 35.5. The number of hydrogen-bond acceptors (Lipinski definition) is 2. The number of rotatable bonds is 5. The zero-order chi connectivity index (χ0) is 19.7. The first kappa shape index (κ1) is 20.9. The first-order valence-electron chi connectivity index (χ1n) is 9.83. The largest absolute Gasteiger partial charge is 0.364 e. The van der Waals surface area contributed by atoms with Crippen molar-refractivity contribution in [3.05, 3.63) is 94.3 Å². The Labute approximate surface area is 179 Å². The SMILES string of the molecule is Cc1ccc(Cn2c(C)c(C)c3ccnc(NCc4ccccc4C)c32)cc1.Cl. The minimum Gasteiger partial charge on any atom is -0.364 e. The summed E-state index contributed by atoms with van der Waals surface area (Å²) in [7, 11) is 0. The lowest BCUT2D eigenvalue weighted by atomic mass is 10.1. The van der Waals surface area contributed by atoms with Gasteiger partial charge in [0.05, 0.1) is 5.52 Å². The fourth-order valence-electron chi connectivity index (χ4n) is 3.79. The Morgan fingerprint density at radius 2 is 1.62 bits per heavy atom. The number of nitrogens with zero attached hydrogens (tertiary/aromatic N) is 2. The maximum Gasteiger partial charge on any atom is 0.150 e. The van der Waals surface area contributed by atoms with E-state index >= 15 is 0 Å².